The summed E-state index contributed by atoms with van der Waals surface area (Å²) in [6, 6.07) is 8.90. The molecule has 1 saturated heterocycles. The zero-order chi connectivity index (χ0) is 22.2. The number of phenols is 1. The number of rotatable bonds is 4. The first-order valence-electron chi connectivity index (χ1n) is 9.60. The summed E-state index contributed by atoms with van der Waals surface area (Å²) in [7, 11) is 0. The van der Waals surface area contributed by atoms with Crippen LogP contribution in [0.15, 0.2) is 48.7 Å². The van der Waals surface area contributed by atoms with E-state index in [-0.39, 0.29) is 22.4 Å². The second-order valence-corrected chi connectivity index (χ2v) is 7.24. The van der Waals surface area contributed by atoms with Crippen molar-refractivity contribution in [1.29, 1.82) is 0 Å². The van der Waals surface area contributed by atoms with Crippen molar-refractivity contribution in [3.63, 3.8) is 0 Å². The van der Waals surface area contributed by atoms with Gasteiger partial charge < -0.3 is 20.0 Å². The number of alkyl halides is 3. The minimum absolute atomic E-state index is 0.0606. The van der Waals surface area contributed by atoms with E-state index in [9.17, 15) is 28.4 Å². The molecule has 0 aliphatic carbocycles. The van der Waals surface area contributed by atoms with Gasteiger partial charge in [0.15, 0.2) is 6.23 Å². The van der Waals surface area contributed by atoms with Crippen molar-refractivity contribution in [1.82, 2.24) is 9.78 Å². The Bertz CT molecular complexity index is 1120. The van der Waals surface area contributed by atoms with Gasteiger partial charge in [0, 0.05) is 12.2 Å². The van der Waals surface area contributed by atoms with E-state index in [1.54, 1.807) is 0 Å². The number of hydrogen-bond donors (Lipinski definition) is 1. The number of benzene rings is 2. The van der Waals surface area contributed by atoms with Crippen molar-refractivity contribution in [3.05, 3.63) is 64.3 Å². The van der Waals surface area contributed by atoms with E-state index in [1.165, 1.54) is 41.2 Å². The molecule has 4 rings (SSSR count). The van der Waals surface area contributed by atoms with Crippen molar-refractivity contribution >= 4 is 5.82 Å². The van der Waals surface area contributed by atoms with Crippen LogP contribution in [-0.4, -0.2) is 26.4 Å². The Balaban J connectivity index is 1.79. The summed E-state index contributed by atoms with van der Waals surface area (Å²) in [6.07, 6.45) is -1.09. The van der Waals surface area contributed by atoms with Gasteiger partial charge in [-0.25, -0.2) is 0 Å². The molecule has 0 saturated carbocycles. The van der Waals surface area contributed by atoms with Crippen LogP contribution < -0.4 is 0 Å². The second kappa shape index (κ2) is 8.03. The van der Waals surface area contributed by atoms with Crippen LogP contribution >= 0.6 is 0 Å². The molecule has 2 heterocycles. The molecule has 2 aromatic carbocycles. The molecular weight excluding hydrogens is 415 g/mol. The molecule has 1 N–H and O–H groups in total. The predicted octanol–water partition coefficient (Wildman–Crippen LogP) is 5.55. The lowest BCUT2D eigenvalue weighted by Crippen LogP contribution is -2.18. The van der Waals surface area contributed by atoms with Crippen LogP contribution in [0.5, 0.6) is 5.75 Å². The van der Waals surface area contributed by atoms with Gasteiger partial charge in [0.2, 0.25) is 0 Å². The van der Waals surface area contributed by atoms with Gasteiger partial charge in [0.25, 0.3) is 0 Å². The predicted molar refractivity (Wildman–Crippen MR) is 105 cm³/mol. The zero-order valence-corrected chi connectivity index (χ0v) is 16.2. The number of aromatic hydroxyl groups is 1. The largest absolute Gasteiger partial charge is 0.507 e. The van der Waals surface area contributed by atoms with Crippen molar-refractivity contribution in [2.24, 2.45) is 0 Å². The van der Waals surface area contributed by atoms with E-state index in [0.29, 0.717) is 18.6 Å². The maximum atomic E-state index is 13.1. The normalized spacial score (nSPS) is 16.9. The van der Waals surface area contributed by atoms with Crippen LogP contribution in [0.25, 0.3) is 22.3 Å². The molecule has 1 aromatic heterocycles. The molecule has 0 bridgehead atoms. The van der Waals surface area contributed by atoms with Crippen LogP contribution in [0.1, 0.15) is 31.1 Å². The van der Waals surface area contributed by atoms with Gasteiger partial charge in [-0.05, 0) is 59.6 Å². The highest BCUT2D eigenvalue weighted by Gasteiger charge is 2.31. The van der Waals surface area contributed by atoms with Crippen LogP contribution in [0.4, 0.5) is 19.0 Å². The molecule has 162 valence electrons. The lowest BCUT2D eigenvalue weighted by molar-refractivity contribution is -0.389. The van der Waals surface area contributed by atoms with Gasteiger partial charge in [-0.1, -0.05) is 18.2 Å². The molecule has 1 fully saturated rings. The first-order valence-corrected chi connectivity index (χ1v) is 9.60. The highest BCUT2D eigenvalue weighted by molar-refractivity contribution is 5.81. The lowest BCUT2D eigenvalue weighted by Gasteiger charge is -2.20. The van der Waals surface area contributed by atoms with E-state index >= 15 is 0 Å². The first-order chi connectivity index (χ1) is 14.7. The fourth-order valence-electron chi connectivity index (χ4n) is 3.59. The summed E-state index contributed by atoms with van der Waals surface area (Å²) >= 11 is 0. The van der Waals surface area contributed by atoms with Crippen molar-refractivity contribution in [3.8, 4) is 28.0 Å². The summed E-state index contributed by atoms with van der Waals surface area (Å²) in [6.45, 7) is 0.518. The smallest absolute Gasteiger partial charge is 0.416 e. The number of phenolic OH excluding ortho intramolecular Hbond substituents is 1. The monoisotopic (exact) mass is 433 g/mol. The molecule has 0 radical (unpaired) electrons. The van der Waals surface area contributed by atoms with E-state index in [2.05, 4.69) is 5.10 Å². The number of nitro groups is 1. The van der Waals surface area contributed by atoms with Crippen LogP contribution in [0, 0.1) is 10.1 Å². The SMILES string of the molecule is O=[N+]([O-])c1nn(C2CCCCO2)cc1-c1cc(-c2cccc(C(F)(F)F)c2)ccc1O. The minimum atomic E-state index is -4.50. The summed E-state index contributed by atoms with van der Waals surface area (Å²) < 4.78 is 46.2. The molecule has 1 aliphatic rings. The lowest BCUT2D eigenvalue weighted by atomic mass is 9.98. The first kappa shape index (κ1) is 20.9. The van der Waals surface area contributed by atoms with Gasteiger partial charge >= 0.3 is 12.0 Å². The highest BCUT2D eigenvalue weighted by Crippen LogP contribution is 2.40. The average molecular weight is 433 g/mol. The van der Waals surface area contributed by atoms with Crippen molar-refractivity contribution < 1.29 is 27.9 Å². The number of halogens is 3. The number of ether oxygens (including phenoxy) is 1. The fraction of sp³-hybridized carbons (Fsp3) is 0.286. The standard InChI is InChI=1S/C21H18F3N3O4/c22-21(23,24)15-5-3-4-13(10-15)14-7-8-18(28)16(11-14)17-12-26(25-20(17)27(29)30)19-6-1-2-9-31-19/h3-5,7-8,10-12,19,28H,1-2,6,9H2. The van der Waals surface area contributed by atoms with Gasteiger partial charge in [-0.2, -0.15) is 17.9 Å². The van der Waals surface area contributed by atoms with Gasteiger partial charge in [-0.15, -0.1) is 0 Å². The van der Waals surface area contributed by atoms with Crippen molar-refractivity contribution in [2.75, 3.05) is 6.61 Å². The molecule has 0 spiro atoms. The molecule has 0 amide bonds. The molecule has 10 heteroatoms. The van der Waals surface area contributed by atoms with Crippen LogP contribution in [0.3, 0.4) is 0 Å². The topological polar surface area (TPSA) is 90.4 Å². The van der Waals surface area contributed by atoms with Crippen LogP contribution in [0.2, 0.25) is 0 Å². The highest BCUT2D eigenvalue weighted by atomic mass is 19.4. The van der Waals surface area contributed by atoms with E-state index in [4.69, 9.17) is 4.74 Å². The molecule has 1 atom stereocenters. The van der Waals surface area contributed by atoms with Crippen molar-refractivity contribution in [2.45, 2.75) is 31.7 Å². The Kier molecular flexibility index (Phi) is 5.40. The van der Waals surface area contributed by atoms with Gasteiger partial charge in [0.1, 0.15) is 11.3 Å². The minimum Gasteiger partial charge on any atom is -0.507 e. The quantitative estimate of drug-likeness (QED) is 0.430. The van der Waals surface area contributed by atoms with E-state index < -0.39 is 28.7 Å². The summed E-state index contributed by atoms with van der Waals surface area (Å²) in [5, 5.41) is 26.0. The van der Waals surface area contributed by atoms with Gasteiger partial charge in [0.05, 0.1) is 16.9 Å². The Morgan fingerprint density at radius 3 is 2.58 bits per heavy atom. The maximum Gasteiger partial charge on any atom is 0.416 e. The number of nitrogens with zero attached hydrogens (tertiary/aromatic N) is 3. The fourth-order valence-corrected chi connectivity index (χ4v) is 3.59. The third-order valence-corrected chi connectivity index (χ3v) is 5.15. The van der Waals surface area contributed by atoms with E-state index in [1.807, 2.05) is 0 Å². The molecule has 3 aromatic rings. The molecule has 1 aliphatic heterocycles. The van der Waals surface area contributed by atoms with Gasteiger partial charge in [-0.3, -0.25) is 0 Å². The molecule has 1 unspecified atom stereocenters. The summed E-state index contributed by atoms with van der Waals surface area (Å²) in [5.41, 5.74) is -0.0151. The Hall–Kier alpha value is -3.40. The average Bonchev–Trinajstić information content (AvgIpc) is 3.20. The molecule has 31 heavy (non-hydrogen) atoms. The molecule has 7 nitrogen and oxygen atoms in total. The Morgan fingerprint density at radius 2 is 1.90 bits per heavy atom. The van der Waals surface area contributed by atoms with E-state index in [0.717, 1.165) is 25.0 Å². The molecular formula is C21H18F3N3O4. The second-order valence-electron chi connectivity index (χ2n) is 7.24. The maximum absolute atomic E-state index is 13.1. The van der Waals surface area contributed by atoms with Crippen LogP contribution in [-0.2, 0) is 10.9 Å². The Labute approximate surface area is 174 Å². The number of aromatic nitrogens is 2. The zero-order valence-electron chi connectivity index (χ0n) is 16.2. The summed E-state index contributed by atoms with van der Waals surface area (Å²) in [5.74, 6) is -0.714. The Morgan fingerprint density at radius 1 is 1.13 bits per heavy atom. The third kappa shape index (κ3) is 4.24. The third-order valence-electron chi connectivity index (χ3n) is 5.15. The summed E-state index contributed by atoms with van der Waals surface area (Å²) in [4.78, 5) is 10.9. The number of hydrogen-bond acceptors (Lipinski definition) is 5.